The van der Waals surface area contributed by atoms with Gasteiger partial charge >= 0.3 is 5.69 Å². The standard InChI is InChI=1S/C16H18N4O5/c17-24-9-12-11(21)8-14(25-12)20-7-6-13(19-16(20)23)18-15(22)10-4-2-1-3-5-10/h1-7,11-12,14,21H,8-9,17H2,(H,18,19,22,23)/t11-,12+,14+/m0/s1. The van der Waals surface area contributed by atoms with E-state index in [4.69, 9.17) is 10.6 Å². The van der Waals surface area contributed by atoms with Crippen LogP contribution in [-0.4, -0.2) is 39.4 Å². The second-order valence-electron chi connectivity index (χ2n) is 5.59. The van der Waals surface area contributed by atoms with Crippen molar-refractivity contribution in [3.05, 3.63) is 58.6 Å². The summed E-state index contributed by atoms with van der Waals surface area (Å²) in [5, 5.41) is 12.5. The van der Waals surface area contributed by atoms with Crippen molar-refractivity contribution >= 4 is 11.7 Å². The molecule has 0 bridgehead atoms. The van der Waals surface area contributed by atoms with Crippen molar-refractivity contribution in [2.24, 2.45) is 5.90 Å². The van der Waals surface area contributed by atoms with Crippen LogP contribution in [0.2, 0.25) is 0 Å². The Kier molecular flexibility index (Phi) is 5.19. The fourth-order valence-electron chi connectivity index (χ4n) is 2.61. The van der Waals surface area contributed by atoms with Gasteiger partial charge in [-0.05, 0) is 18.2 Å². The Bertz CT molecular complexity index is 795. The van der Waals surface area contributed by atoms with E-state index >= 15 is 0 Å². The monoisotopic (exact) mass is 346 g/mol. The number of nitrogens with one attached hydrogen (secondary N) is 1. The average Bonchev–Trinajstić information content (AvgIpc) is 2.96. The largest absolute Gasteiger partial charge is 0.390 e. The third-order valence-electron chi connectivity index (χ3n) is 3.88. The van der Waals surface area contributed by atoms with Gasteiger partial charge in [0.2, 0.25) is 0 Å². The van der Waals surface area contributed by atoms with Crippen molar-refractivity contribution < 1.29 is 19.5 Å². The molecule has 3 atom stereocenters. The Morgan fingerprint density at radius 3 is 2.84 bits per heavy atom. The number of aliphatic hydroxyl groups is 1. The molecule has 132 valence electrons. The van der Waals surface area contributed by atoms with Gasteiger partial charge in [-0.15, -0.1) is 0 Å². The van der Waals surface area contributed by atoms with Gasteiger partial charge in [-0.25, -0.2) is 10.7 Å². The number of aliphatic hydroxyl groups excluding tert-OH is 1. The molecule has 25 heavy (non-hydrogen) atoms. The van der Waals surface area contributed by atoms with Crippen LogP contribution in [-0.2, 0) is 9.57 Å². The van der Waals surface area contributed by atoms with E-state index in [-0.39, 0.29) is 24.8 Å². The Balaban J connectivity index is 1.71. The van der Waals surface area contributed by atoms with Gasteiger partial charge in [-0.1, -0.05) is 18.2 Å². The number of ether oxygens (including phenoxy) is 1. The summed E-state index contributed by atoms with van der Waals surface area (Å²) < 4.78 is 6.80. The van der Waals surface area contributed by atoms with E-state index < -0.39 is 24.1 Å². The molecule has 4 N–H and O–H groups in total. The number of benzene rings is 1. The lowest BCUT2D eigenvalue weighted by molar-refractivity contribution is -0.0641. The van der Waals surface area contributed by atoms with E-state index in [0.717, 1.165) is 0 Å². The second kappa shape index (κ2) is 7.53. The summed E-state index contributed by atoms with van der Waals surface area (Å²) in [5.74, 6) is 4.76. The van der Waals surface area contributed by atoms with Crippen LogP contribution in [0.4, 0.5) is 5.82 Å². The molecule has 0 unspecified atom stereocenters. The van der Waals surface area contributed by atoms with Crippen LogP contribution in [0.5, 0.6) is 0 Å². The predicted octanol–water partition coefficient (Wildman–Crippen LogP) is 0.0343. The summed E-state index contributed by atoms with van der Waals surface area (Å²) in [6.45, 7) is 0.0189. The van der Waals surface area contributed by atoms with Gasteiger partial charge in [0, 0.05) is 18.2 Å². The molecule has 1 amide bonds. The molecule has 0 spiro atoms. The first-order chi connectivity index (χ1) is 12.1. The minimum Gasteiger partial charge on any atom is -0.390 e. The maximum atomic E-state index is 12.2. The molecule has 2 aromatic rings. The number of hydrogen-bond acceptors (Lipinski definition) is 7. The summed E-state index contributed by atoms with van der Waals surface area (Å²) in [5.41, 5.74) is -0.141. The van der Waals surface area contributed by atoms with Crippen molar-refractivity contribution in [1.82, 2.24) is 9.55 Å². The lowest BCUT2D eigenvalue weighted by atomic mass is 10.2. The number of hydrogen-bond donors (Lipinski definition) is 3. The zero-order valence-electron chi connectivity index (χ0n) is 13.2. The van der Waals surface area contributed by atoms with Gasteiger partial charge in [-0.3, -0.25) is 9.36 Å². The van der Waals surface area contributed by atoms with Crippen LogP contribution in [0.25, 0.3) is 0 Å². The van der Waals surface area contributed by atoms with Crippen LogP contribution in [0.15, 0.2) is 47.4 Å². The van der Waals surface area contributed by atoms with Gasteiger partial charge in [0.1, 0.15) is 18.1 Å². The molecule has 1 aromatic heterocycles. The van der Waals surface area contributed by atoms with Crippen LogP contribution < -0.4 is 16.9 Å². The molecule has 9 nitrogen and oxygen atoms in total. The summed E-state index contributed by atoms with van der Waals surface area (Å²) >= 11 is 0. The molecular weight excluding hydrogens is 328 g/mol. The molecule has 1 aliphatic rings. The molecule has 0 radical (unpaired) electrons. The number of nitrogens with zero attached hydrogens (tertiary/aromatic N) is 2. The van der Waals surface area contributed by atoms with Gasteiger partial charge in [0.15, 0.2) is 0 Å². The second-order valence-corrected chi connectivity index (χ2v) is 5.59. The van der Waals surface area contributed by atoms with E-state index in [1.165, 1.54) is 16.8 Å². The highest BCUT2D eigenvalue weighted by Gasteiger charge is 2.35. The molecule has 3 rings (SSSR count). The zero-order chi connectivity index (χ0) is 17.8. The highest BCUT2D eigenvalue weighted by Crippen LogP contribution is 2.27. The first-order valence-electron chi connectivity index (χ1n) is 7.69. The van der Waals surface area contributed by atoms with Crippen molar-refractivity contribution in [1.29, 1.82) is 0 Å². The van der Waals surface area contributed by atoms with E-state index in [9.17, 15) is 14.7 Å². The number of carbonyl (C=O) groups is 1. The first-order valence-corrected chi connectivity index (χ1v) is 7.69. The average molecular weight is 346 g/mol. The van der Waals surface area contributed by atoms with Crippen molar-refractivity contribution in [2.75, 3.05) is 11.9 Å². The number of anilines is 1. The summed E-state index contributed by atoms with van der Waals surface area (Å²) in [6.07, 6.45) is -0.407. The quantitative estimate of drug-likeness (QED) is 0.652. The first kappa shape index (κ1) is 17.2. The SMILES string of the molecule is NOC[C@H]1O[C@@H](n2ccc(NC(=O)c3ccccc3)nc2=O)C[C@@H]1O. The maximum Gasteiger partial charge on any atom is 0.351 e. The molecule has 2 heterocycles. The van der Waals surface area contributed by atoms with Gasteiger partial charge < -0.3 is 20.0 Å². The van der Waals surface area contributed by atoms with Crippen molar-refractivity contribution in [3.8, 4) is 0 Å². The molecule has 0 aliphatic carbocycles. The van der Waals surface area contributed by atoms with Crippen LogP contribution >= 0.6 is 0 Å². The van der Waals surface area contributed by atoms with E-state index in [1.54, 1.807) is 30.3 Å². The van der Waals surface area contributed by atoms with Crippen LogP contribution in [0.3, 0.4) is 0 Å². The third-order valence-corrected chi connectivity index (χ3v) is 3.88. The number of carbonyl (C=O) groups excluding carboxylic acids is 1. The Hall–Kier alpha value is -2.59. The molecule has 9 heteroatoms. The molecule has 1 saturated heterocycles. The molecular formula is C16H18N4O5. The highest BCUT2D eigenvalue weighted by molar-refractivity contribution is 6.03. The van der Waals surface area contributed by atoms with E-state index in [0.29, 0.717) is 5.56 Å². The third kappa shape index (κ3) is 3.91. The van der Waals surface area contributed by atoms with E-state index in [1.807, 2.05) is 0 Å². The topological polar surface area (TPSA) is 129 Å². The summed E-state index contributed by atoms with van der Waals surface area (Å²) in [4.78, 5) is 32.6. The maximum absolute atomic E-state index is 12.2. The number of rotatable bonds is 5. The molecule has 1 aromatic carbocycles. The number of nitrogens with two attached hydrogens (primary N) is 1. The van der Waals surface area contributed by atoms with Crippen molar-refractivity contribution in [2.45, 2.75) is 24.9 Å². The fourth-order valence-corrected chi connectivity index (χ4v) is 2.61. The molecule has 1 aliphatic heterocycles. The lowest BCUT2D eigenvalue weighted by Crippen LogP contribution is -2.29. The lowest BCUT2D eigenvalue weighted by Gasteiger charge is -2.15. The van der Waals surface area contributed by atoms with Gasteiger partial charge in [0.25, 0.3) is 5.91 Å². The highest BCUT2D eigenvalue weighted by atomic mass is 16.6. The Morgan fingerprint density at radius 2 is 2.16 bits per heavy atom. The summed E-state index contributed by atoms with van der Waals surface area (Å²) in [6, 6.07) is 10.1. The number of amides is 1. The van der Waals surface area contributed by atoms with Crippen LogP contribution in [0.1, 0.15) is 23.0 Å². The van der Waals surface area contributed by atoms with Gasteiger partial charge in [0.05, 0.1) is 12.7 Å². The number of aromatic nitrogens is 2. The van der Waals surface area contributed by atoms with Crippen molar-refractivity contribution in [3.63, 3.8) is 0 Å². The smallest absolute Gasteiger partial charge is 0.351 e. The van der Waals surface area contributed by atoms with Crippen LogP contribution in [0, 0.1) is 0 Å². The van der Waals surface area contributed by atoms with Gasteiger partial charge in [-0.2, -0.15) is 4.98 Å². The van der Waals surface area contributed by atoms with E-state index in [2.05, 4.69) is 15.1 Å². The zero-order valence-corrected chi connectivity index (χ0v) is 13.2. The minimum atomic E-state index is -0.794. The Labute approximate surface area is 143 Å². The minimum absolute atomic E-state index is 0.0189. The summed E-state index contributed by atoms with van der Waals surface area (Å²) in [7, 11) is 0. The fraction of sp³-hybridized carbons (Fsp3) is 0.312. The normalized spacial score (nSPS) is 22.7. The molecule has 0 saturated carbocycles. The predicted molar refractivity (Wildman–Crippen MR) is 87.6 cm³/mol. The Morgan fingerprint density at radius 1 is 1.40 bits per heavy atom. The molecule has 1 fully saturated rings.